The first kappa shape index (κ1) is 14.0. The van der Waals surface area contributed by atoms with Crippen molar-refractivity contribution in [1.82, 2.24) is 0 Å². The highest BCUT2D eigenvalue weighted by molar-refractivity contribution is 5.94. The van der Waals surface area contributed by atoms with Gasteiger partial charge in [0.25, 0.3) is 0 Å². The molecule has 0 bridgehead atoms. The van der Waals surface area contributed by atoms with Crippen LogP contribution < -0.4 is 10.1 Å². The van der Waals surface area contributed by atoms with Crippen LogP contribution in [0, 0.1) is 5.92 Å². The molecule has 0 unspecified atom stereocenters. The molecule has 0 radical (unpaired) electrons. The van der Waals surface area contributed by atoms with Crippen LogP contribution in [-0.4, -0.2) is 37.8 Å². The third-order valence-corrected chi connectivity index (χ3v) is 3.37. The molecule has 2 aliphatic rings. The van der Waals surface area contributed by atoms with E-state index >= 15 is 0 Å². The summed E-state index contributed by atoms with van der Waals surface area (Å²) in [6.45, 7) is 1.11. The Morgan fingerprint density at radius 3 is 2.52 bits per heavy atom. The van der Waals surface area contributed by atoms with Gasteiger partial charge in [-0.25, -0.2) is 4.79 Å². The average Bonchev–Trinajstić information content (AvgIpc) is 3.35. The van der Waals surface area contributed by atoms with Crippen LogP contribution in [0.3, 0.4) is 0 Å². The number of esters is 1. The first-order chi connectivity index (χ1) is 10.2. The minimum absolute atomic E-state index is 0.0486. The Hall–Kier alpha value is -1.92. The number of ether oxygens (including phenoxy) is 3. The van der Waals surface area contributed by atoms with Crippen molar-refractivity contribution in [3.05, 3.63) is 24.3 Å². The molecule has 112 valence electrons. The SMILES string of the molecule is O=C(Nc1ccc(OC(=O)[C@@H]2COCCO2)cc1)C1CC1. The number of anilines is 1. The summed E-state index contributed by atoms with van der Waals surface area (Å²) in [4.78, 5) is 23.4. The highest BCUT2D eigenvalue weighted by atomic mass is 16.6. The van der Waals surface area contributed by atoms with Crippen LogP contribution in [0.2, 0.25) is 0 Å². The van der Waals surface area contributed by atoms with Gasteiger partial charge in [0.2, 0.25) is 5.91 Å². The molecule has 6 nitrogen and oxygen atoms in total. The standard InChI is InChI=1S/C15H17NO5/c17-14(10-1-2-10)16-11-3-5-12(6-4-11)21-15(18)13-9-19-7-8-20-13/h3-6,10,13H,1-2,7-9H2,(H,16,17)/t13-/m0/s1. The van der Waals surface area contributed by atoms with Crippen LogP contribution in [0.15, 0.2) is 24.3 Å². The molecule has 1 aliphatic carbocycles. The van der Waals surface area contributed by atoms with Gasteiger partial charge >= 0.3 is 5.97 Å². The summed E-state index contributed by atoms with van der Waals surface area (Å²) >= 11 is 0. The summed E-state index contributed by atoms with van der Waals surface area (Å²) in [5, 5.41) is 2.82. The lowest BCUT2D eigenvalue weighted by atomic mass is 10.3. The highest BCUT2D eigenvalue weighted by Crippen LogP contribution is 2.30. The second-order valence-electron chi connectivity index (χ2n) is 5.14. The minimum atomic E-state index is -0.673. The first-order valence-electron chi connectivity index (χ1n) is 7.04. The number of carbonyl (C=O) groups excluding carboxylic acids is 2. The van der Waals surface area contributed by atoms with Crippen molar-refractivity contribution in [1.29, 1.82) is 0 Å². The molecule has 1 saturated heterocycles. The van der Waals surface area contributed by atoms with Crippen molar-refractivity contribution < 1.29 is 23.8 Å². The van der Waals surface area contributed by atoms with Crippen LogP contribution in [0.4, 0.5) is 5.69 Å². The molecule has 2 fully saturated rings. The summed E-state index contributed by atoms with van der Waals surface area (Å²) < 4.78 is 15.6. The first-order valence-corrected chi connectivity index (χ1v) is 7.04. The molecular formula is C15H17NO5. The number of amides is 1. The van der Waals surface area contributed by atoms with Gasteiger partial charge in [-0.15, -0.1) is 0 Å². The summed E-state index contributed by atoms with van der Waals surface area (Å²) in [5.74, 6) is 0.154. The average molecular weight is 291 g/mol. The summed E-state index contributed by atoms with van der Waals surface area (Å²) in [7, 11) is 0. The fourth-order valence-electron chi connectivity index (χ4n) is 2.00. The van der Waals surface area contributed by atoms with Crippen LogP contribution in [0.25, 0.3) is 0 Å². The van der Waals surface area contributed by atoms with E-state index < -0.39 is 12.1 Å². The van der Waals surface area contributed by atoms with Gasteiger partial charge in [-0.05, 0) is 37.1 Å². The molecule has 1 aliphatic heterocycles. The van der Waals surface area contributed by atoms with E-state index in [9.17, 15) is 9.59 Å². The predicted molar refractivity (Wildman–Crippen MR) is 74.0 cm³/mol. The number of rotatable bonds is 4. The van der Waals surface area contributed by atoms with E-state index in [0.717, 1.165) is 12.8 Å². The molecule has 1 amide bonds. The van der Waals surface area contributed by atoms with E-state index in [-0.39, 0.29) is 18.4 Å². The maximum atomic E-state index is 11.8. The molecule has 1 saturated carbocycles. The van der Waals surface area contributed by atoms with Gasteiger partial charge in [-0.1, -0.05) is 0 Å². The van der Waals surface area contributed by atoms with Gasteiger partial charge in [0, 0.05) is 11.6 Å². The zero-order valence-corrected chi connectivity index (χ0v) is 11.5. The second kappa shape index (κ2) is 6.24. The van der Waals surface area contributed by atoms with Gasteiger partial charge in [-0.3, -0.25) is 4.79 Å². The number of nitrogens with one attached hydrogen (secondary N) is 1. The van der Waals surface area contributed by atoms with Gasteiger partial charge in [0.05, 0.1) is 19.8 Å². The normalized spacial score (nSPS) is 21.6. The number of carbonyl (C=O) groups is 2. The lowest BCUT2D eigenvalue weighted by Gasteiger charge is -2.21. The molecule has 1 aromatic carbocycles. The summed E-state index contributed by atoms with van der Waals surface area (Å²) in [6.07, 6.45) is 1.25. The minimum Gasteiger partial charge on any atom is -0.425 e. The number of benzene rings is 1. The largest absolute Gasteiger partial charge is 0.425 e. The molecule has 0 aromatic heterocycles. The van der Waals surface area contributed by atoms with Crippen molar-refractivity contribution in [2.24, 2.45) is 5.92 Å². The number of hydrogen-bond acceptors (Lipinski definition) is 5. The monoisotopic (exact) mass is 291 g/mol. The molecule has 0 spiro atoms. The van der Waals surface area contributed by atoms with E-state index in [1.165, 1.54) is 0 Å². The lowest BCUT2D eigenvalue weighted by molar-refractivity contribution is -0.161. The Morgan fingerprint density at radius 2 is 1.90 bits per heavy atom. The van der Waals surface area contributed by atoms with Crippen LogP contribution >= 0.6 is 0 Å². The second-order valence-corrected chi connectivity index (χ2v) is 5.14. The molecule has 21 heavy (non-hydrogen) atoms. The van der Waals surface area contributed by atoms with E-state index in [2.05, 4.69) is 5.32 Å². The third-order valence-electron chi connectivity index (χ3n) is 3.37. The Kier molecular flexibility index (Phi) is 4.17. The van der Waals surface area contributed by atoms with Gasteiger partial charge < -0.3 is 19.5 Å². The molecule has 6 heteroatoms. The van der Waals surface area contributed by atoms with Crippen molar-refractivity contribution >= 4 is 17.6 Å². The predicted octanol–water partition coefficient (Wildman–Crippen LogP) is 1.36. The van der Waals surface area contributed by atoms with E-state index in [1.54, 1.807) is 24.3 Å². The summed E-state index contributed by atoms with van der Waals surface area (Å²) in [6, 6.07) is 6.70. The van der Waals surface area contributed by atoms with Crippen LogP contribution in [0.5, 0.6) is 5.75 Å². The quantitative estimate of drug-likeness (QED) is 0.669. The molecular weight excluding hydrogens is 274 g/mol. The van der Waals surface area contributed by atoms with Crippen molar-refractivity contribution in [3.63, 3.8) is 0 Å². The molecule has 1 atom stereocenters. The van der Waals surface area contributed by atoms with Crippen molar-refractivity contribution in [2.45, 2.75) is 18.9 Å². The Bertz CT molecular complexity index is 517. The molecule has 3 rings (SSSR count). The maximum Gasteiger partial charge on any atom is 0.343 e. The molecule has 1 N–H and O–H groups in total. The smallest absolute Gasteiger partial charge is 0.343 e. The maximum absolute atomic E-state index is 11.8. The Labute approximate surface area is 122 Å². The van der Waals surface area contributed by atoms with Gasteiger partial charge in [-0.2, -0.15) is 0 Å². The van der Waals surface area contributed by atoms with Crippen molar-refractivity contribution in [2.75, 3.05) is 25.1 Å². The van der Waals surface area contributed by atoms with Crippen LogP contribution in [-0.2, 0) is 19.1 Å². The van der Waals surface area contributed by atoms with E-state index in [4.69, 9.17) is 14.2 Å². The Morgan fingerprint density at radius 1 is 1.14 bits per heavy atom. The fraction of sp³-hybridized carbons (Fsp3) is 0.467. The van der Waals surface area contributed by atoms with Gasteiger partial charge in [0.15, 0.2) is 6.10 Å². The zero-order valence-electron chi connectivity index (χ0n) is 11.5. The Balaban J connectivity index is 1.53. The van der Waals surface area contributed by atoms with Gasteiger partial charge in [0.1, 0.15) is 5.75 Å². The molecule has 1 aromatic rings. The third kappa shape index (κ3) is 3.80. The summed E-state index contributed by atoms with van der Waals surface area (Å²) in [5.41, 5.74) is 0.698. The van der Waals surface area contributed by atoms with E-state index in [1.807, 2.05) is 0 Å². The van der Waals surface area contributed by atoms with E-state index in [0.29, 0.717) is 24.7 Å². The topological polar surface area (TPSA) is 73.9 Å². The van der Waals surface area contributed by atoms with Crippen molar-refractivity contribution in [3.8, 4) is 5.75 Å². The number of hydrogen-bond donors (Lipinski definition) is 1. The molecule has 1 heterocycles. The van der Waals surface area contributed by atoms with Crippen LogP contribution in [0.1, 0.15) is 12.8 Å². The fourth-order valence-corrected chi connectivity index (χ4v) is 2.00. The zero-order chi connectivity index (χ0) is 14.7. The highest BCUT2D eigenvalue weighted by Gasteiger charge is 2.29. The lowest BCUT2D eigenvalue weighted by Crippen LogP contribution is -2.38.